The predicted molar refractivity (Wildman–Crippen MR) is 97.3 cm³/mol. The van der Waals surface area contributed by atoms with Crippen molar-refractivity contribution in [1.82, 2.24) is 0 Å². The van der Waals surface area contributed by atoms with Crippen molar-refractivity contribution in [3.05, 3.63) is 0 Å². The molecule has 0 aliphatic rings. The van der Waals surface area contributed by atoms with Crippen LogP contribution in [0.1, 0.15) is 118 Å². The molecular weight excluding hydrogens is 311 g/mol. The van der Waals surface area contributed by atoms with Gasteiger partial charge in [-0.1, -0.05) is 103 Å². The molecule has 0 rings (SSSR count). The van der Waals surface area contributed by atoms with Crippen LogP contribution >= 0.6 is 0 Å². The molecule has 0 aromatic rings. The van der Waals surface area contributed by atoms with Crippen LogP contribution in [0.2, 0.25) is 0 Å². The number of ether oxygens (including phenoxy) is 1. The van der Waals surface area contributed by atoms with Crippen LogP contribution in [0, 0.1) is 0 Å². The first-order chi connectivity index (χ1) is 10.8. The van der Waals surface area contributed by atoms with E-state index in [1.165, 1.54) is 103 Å². The van der Waals surface area contributed by atoms with Gasteiger partial charge in [-0.2, -0.15) is 0 Å². The van der Waals surface area contributed by atoms with Crippen LogP contribution in [0.25, 0.3) is 0 Å². The van der Waals surface area contributed by atoms with Crippen LogP contribution in [-0.4, -0.2) is 12.6 Å². The van der Waals surface area contributed by atoms with Gasteiger partial charge in [0, 0.05) is 6.92 Å². The molecule has 0 heterocycles. The van der Waals surface area contributed by atoms with Crippen molar-refractivity contribution in [3.8, 4) is 0 Å². The first-order valence-corrected chi connectivity index (χ1v) is 9.90. The number of esters is 1. The molecule has 0 amide bonds. The van der Waals surface area contributed by atoms with E-state index in [4.69, 9.17) is 4.74 Å². The molecule has 0 spiro atoms. The van der Waals surface area contributed by atoms with Gasteiger partial charge < -0.3 is 6.16 Å². The fraction of sp³-hybridized carbons (Fsp3) is 0.950. The largest absolute Gasteiger partial charge is 1.00 e. The molecule has 0 fully saturated rings. The summed E-state index contributed by atoms with van der Waals surface area (Å²) in [4.78, 5) is 10.6. The predicted octanol–water partition coefficient (Wildman–Crippen LogP) is 3.93. The number of unbranched alkanes of at least 4 members (excludes halogenated alkanes) is 15. The third-order valence-corrected chi connectivity index (χ3v) is 4.30. The molecule has 134 valence electrons. The number of rotatable bonds is 17. The van der Waals surface area contributed by atoms with Gasteiger partial charge in [0.15, 0.2) is 0 Å². The van der Waals surface area contributed by atoms with Crippen LogP contribution in [0.3, 0.4) is 0 Å². The van der Waals surface area contributed by atoms with Gasteiger partial charge in [0.05, 0.1) is 6.61 Å². The maximum absolute atomic E-state index is 10.6. The molecule has 0 saturated carbocycles. The molecule has 0 aromatic carbocycles. The zero-order chi connectivity index (χ0) is 16.3. The van der Waals surface area contributed by atoms with Gasteiger partial charge in [-0.25, -0.2) is 0 Å². The maximum Gasteiger partial charge on any atom is 1.00 e. The van der Waals surface area contributed by atoms with Gasteiger partial charge in [-0.3, -0.25) is 4.79 Å². The maximum atomic E-state index is 10.6. The second-order valence-corrected chi connectivity index (χ2v) is 6.64. The number of carbonyl (C=O) groups excluding carboxylic acids is 1. The Morgan fingerprint density at radius 1 is 0.652 bits per heavy atom. The number of carbonyl (C=O) groups is 1. The van der Waals surface area contributed by atoms with Crippen LogP contribution in [-0.2, 0) is 9.53 Å². The zero-order valence-corrected chi connectivity index (χ0v) is 19.5. The van der Waals surface area contributed by atoms with Crippen molar-refractivity contribution in [3.63, 3.8) is 0 Å². The first kappa shape index (κ1) is 26.3. The molecule has 0 aliphatic heterocycles. The SMILES string of the molecule is CCCCCCCCCCCCCCCCCCOC(C)=O.[H-].[K+]. The van der Waals surface area contributed by atoms with E-state index in [0.29, 0.717) is 6.61 Å². The molecule has 3 heteroatoms. The first-order valence-electron chi connectivity index (χ1n) is 9.90. The van der Waals surface area contributed by atoms with Crippen molar-refractivity contribution in [1.29, 1.82) is 0 Å². The minimum atomic E-state index is -0.152. The van der Waals surface area contributed by atoms with Crippen LogP contribution in [0.5, 0.6) is 0 Å². The molecule has 23 heavy (non-hydrogen) atoms. The van der Waals surface area contributed by atoms with Gasteiger partial charge in [-0.05, 0) is 6.42 Å². The minimum Gasteiger partial charge on any atom is -1.00 e. The van der Waals surface area contributed by atoms with Crippen LogP contribution in [0.4, 0.5) is 0 Å². The van der Waals surface area contributed by atoms with Crippen molar-refractivity contribution >= 4 is 5.97 Å². The standard InChI is InChI=1S/C20H40O2.K.H/c1-3-4-5-6-7-8-9-10-11-12-13-14-15-16-17-18-19-22-20(2)21;;/h3-19H2,1-2H3;;/q;+1;-1. The second-order valence-electron chi connectivity index (χ2n) is 6.64. The van der Waals surface area contributed by atoms with Gasteiger partial charge in [0.1, 0.15) is 0 Å². The Labute approximate surface area is 189 Å². The second kappa shape index (κ2) is 23.1. The Morgan fingerprint density at radius 3 is 1.26 bits per heavy atom. The third kappa shape index (κ3) is 25.5. The van der Waals surface area contributed by atoms with E-state index in [9.17, 15) is 4.79 Å². The Morgan fingerprint density at radius 2 is 0.957 bits per heavy atom. The number of hydrogen-bond acceptors (Lipinski definition) is 2. The van der Waals surface area contributed by atoms with E-state index < -0.39 is 0 Å². The molecule has 0 aliphatic carbocycles. The van der Waals surface area contributed by atoms with E-state index in [2.05, 4.69) is 6.92 Å². The summed E-state index contributed by atoms with van der Waals surface area (Å²) in [7, 11) is 0. The summed E-state index contributed by atoms with van der Waals surface area (Å²) in [5.41, 5.74) is 0. The summed E-state index contributed by atoms with van der Waals surface area (Å²) in [5.74, 6) is -0.152. The van der Waals surface area contributed by atoms with E-state index in [1.54, 1.807) is 0 Å². The fourth-order valence-corrected chi connectivity index (χ4v) is 2.87. The summed E-state index contributed by atoms with van der Waals surface area (Å²) in [6.45, 7) is 4.36. The topological polar surface area (TPSA) is 26.3 Å². The minimum absolute atomic E-state index is 0. The third-order valence-electron chi connectivity index (χ3n) is 4.30. The molecule has 0 saturated heterocycles. The summed E-state index contributed by atoms with van der Waals surface area (Å²) in [6.07, 6.45) is 22.0. The molecule has 0 bridgehead atoms. The van der Waals surface area contributed by atoms with Gasteiger partial charge in [0.2, 0.25) is 0 Å². The summed E-state index contributed by atoms with van der Waals surface area (Å²) in [6, 6.07) is 0. The summed E-state index contributed by atoms with van der Waals surface area (Å²) < 4.78 is 4.92. The molecule has 0 atom stereocenters. The Hall–Kier alpha value is 1.11. The fourth-order valence-electron chi connectivity index (χ4n) is 2.87. The van der Waals surface area contributed by atoms with Crippen LogP contribution in [0.15, 0.2) is 0 Å². The van der Waals surface area contributed by atoms with E-state index >= 15 is 0 Å². The quantitative estimate of drug-likeness (QED) is 0.225. The van der Waals surface area contributed by atoms with Crippen molar-refractivity contribution in [2.75, 3.05) is 6.61 Å². The normalized spacial score (nSPS) is 10.3. The van der Waals surface area contributed by atoms with E-state index in [-0.39, 0.29) is 58.8 Å². The van der Waals surface area contributed by atoms with Gasteiger partial charge in [-0.15, -0.1) is 0 Å². The smallest absolute Gasteiger partial charge is 1.00 e. The Kier molecular flexibility index (Phi) is 26.5. The van der Waals surface area contributed by atoms with E-state index in [1.807, 2.05) is 0 Å². The van der Waals surface area contributed by atoms with Gasteiger partial charge in [0.25, 0.3) is 0 Å². The molecule has 0 N–H and O–H groups in total. The van der Waals surface area contributed by atoms with Crippen molar-refractivity contribution in [2.45, 2.75) is 117 Å². The zero-order valence-electron chi connectivity index (χ0n) is 17.3. The molecule has 0 aromatic heterocycles. The molecule has 0 unspecified atom stereocenters. The van der Waals surface area contributed by atoms with Crippen LogP contribution < -0.4 is 51.4 Å². The molecule has 2 nitrogen and oxygen atoms in total. The van der Waals surface area contributed by atoms with E-state index in [0.717, 1.165) is 6.42 Å². The average Bonchev–Trinajstić information content (AvgIpc) is 2.50. The Balaban J connectivity index is -0.00000220. The summed E-state index contributed by atoms with van der Waals surface area (Å²) >= 11 is 0. The monoisotopic (exact) mass is 352 g/mol. The summed E-state index contributed by atoms with van der Waals surface area (Å²) in [5, 5.41) is 0. The van der Waals surface area contributed by atoms with Crippen molar-refractivity contribution < 1.29 is 62.3 Å². The average molecular weight is 353 g/mol. The molecular formula is C20H41KO2. The van der Waals surface area contributed by atoms with Gasteiger partial charge >= 0.3 is 57.4 Å². The van der Waals surface area contributed by atoms with Crippen molar-refractivity contribution in [2.24, 2.45) is 0 Å². The molecule has 0 radical (unpaired) electrons. The Bertz CT molecular complexity index is 238. The number of hydrogen-bond donors (Lipinski definition) is 0.